The summed E-state index contributed by atoms with van der Waals surface area (Å²) in [5.74, 6) is 0. The van der Waals surface area contributed by atoms with Crippen molar-refractivity contribution >= 4 is 50.5 Å². The Bertz CT molecular complexity index is 242. The standard InChI is InChI=1S/C18H40N2S4/c1-5-15(21)11-19(12-16(22)6-2)9-10-20(13-17(23)7-3)14-18(24)8-4/h15-18,21-24H,5-14H2,1-4H3. The van der Waals surface area contributed by atoms with Crippen molar-refractivity contribution in [2.45, 2.75) is 74.4 Å². The number of hydrogen-bond acceptors (Lipinski definition) is 6. The van der Waals surface area contributed by atoms with Gasteiger partial charge in [0.15, 0.2) is 0 Å². The molecule has 0 aromatic carbocycles. The van der Waals surface area contributed by atoms with Gasteiger partial charge in [-0.05, 0) is 25.7 Å². The molecule has 0 heterocycles. The molecule has 2 nitrogen and oxygen atoms in total. The van der Waals surface area contributed by atoms with Gasteiger partial charge in [0, 0.05) is 60.3 Å². The predicted octanol–water partition coefficient (Wildman–Crippen LogP) is 4.42. The van der Waals surface area contributed by atoms with Crippen LogP contribution in [0.3, 0.4) is 0 Å². The van der Waals surface area contributed by atoms with Crippen LogP contribution in [-0.2, 0) is 0 Å². The minimum absolute atomic E-state index is 0.442. The van der Waals surface area contributed by atoms with Gasteiger partial charge < -0.3 is 0 Å². The van der Waals surface area contributed by atoms with Gasteiger partial charge in [0.1, 0.15) is 0 Å². The Labute approximate surface area is 173 Å². The Balaban J connectivity index is 4.66. The Morgan fingerprint density at radius 1 is 0.500 bits per heavy atom. The van der Waals surface area contributed by atoms with Crippen LogP contribution in [0.1, 0.15) is 53.4 Å². The van der Waals surface area contributed by atoms with E-state index in [4.69, 9.17) is 50.5 Å². The minimum Gasteiger partial charge on any atom is -0.300 e. The second kappa shape index (κ2) is 15.4. The third-order valence-electron chi connectivity index (χ3n) is 4.49. The van der Waals surface area contributed by atoms with E-state index in [-0.39, 0.29) is 0 Å². The first-order valence-corrected chi connectivity index (χ1v) is 11.6. The lowest BCUT2D eigenvalue weighted by Crippen LogP contribution is -2.43. The van der Waals surface area contributed by atoms with Crippen LogP contribution in [0.15, 0.2) is 0 Å². The molecule has 146 valence electrons. The second-order valence-corrected chi connectivity index (χ2v) is 9.69. The maximum atomic E-state index is 4.70. The molecule has 0 spiro atoms. The highest BCUT2D eigenvalue weighted by atomic mass is 32.1. The average Bonchev–Trinajstić information content (AvgIpc) is 2.58. The zero-order valence-electron chi connectivity index (χ0n) is 16.1. The Hall–Kier alpha value is 1.32. The summed E-state index contributed by atoms with van der Waals surface area (Å²) < 4.78 is 0. The molecule has 0 radical (unpaired) electrons. The highest BCUT2D eigenvalue weighted by Crippen LogP contribution is 2.12. The van der Waals surface area contributed by atoms with Crippen LogP contribution in [0, 0.1) is 0 Å². The van der Waals surface area contributed by atoms with Crippen LogP contribution in [0.2, 0.25) is 0 Å². The van der Waals surface area contributed by atoms with Crippen molar-refractivity contribution in [3.05, 3.63) is 0 Å². The molecule has 0 aliphatic heterocycles. The maximum absolute atomic E-state index is 4.70. The molecule has 0 aromatic heterocycles. The van der Waals surface area contributed by atoms with Crippen LogP contribution >= 0.6 is 50.5 Å². The molecule has 4 atom stereocenters. The normalized spacial score (nSPS) is 17.2. The van der Waals surface area contributed by atoms with Crippen LogP contribution < -0.4 is 0 Å². The van der Waals surface area contributed by atoms with Crippen molar-refractivity contribution in [2.75, 3.05) is 39.3 Å². The fraction of sp³-hybridized carbons (Fsp3) is 1.00. The van der Waals surface area contributed by atoms with E-state index in [2.05, 4.69) is 37.5 Å². The van der Waals surface area contributed by atoms with Crippen molar-refractivity contribution in [2.24, 2.45) is 0 Å². The van der Waals surface area contributed by atoms with E-state index in [1.54, 1.807) is 0 Å². The van der Waals surface area contributed by atoms with Gasteiger partial charge in [-0.1, -0.05) is 27.7 Å². The fourth-order valence-corrected chi connectivity index (χ4v) is 3.43. The molecule has 6 heteroatoms. The highest BCUT2D eigenvalue weighted by molar-refractivity contribution is 7.81. The first-order chi connectivity index (χ1) is 11.4. The van der Waals surface area contributed by atoms with E-state index < -0.39 is 0 Å². The predicted molar refractivity (Wildman–Crippen MR) is 125 cm³/mol. The Morgan fingerprint density at radius 2 is 0.708 bits per heavy atom. The van der Waals surface area contributed by atoms with Crippen LogP contribution in [0.5, 0.6) is 0 Å². The molecule has 0 bridgehead atoms. The molecule has 0 aliphatic rings. The third kappa shape index (κ3) is 12.6. The van der Waals surface area contributed by atoms with E-state index in [1.807, 2.05) is 0 Å². The first-order valence-electron chi connectivity index (χ1n) is 9.52. The van der Waals surface area contributed by atoms with E-state index in [0.29, 0.717) is 21.0 Å². The summed E-state index contributed by atoms with van der Waals surface area (Å²) in [7, 11) is 0. The monoisotopic (exact) mass is 412 g/mol. The molecule has 0 N–H and O–H groups in total. The van der Waals surface area contributed by atoms with Gasteiger partial charge in [0.05, 0.1) is 0 Å². The molecule has 0 aliphatic carbocycles. The number of nitrogens with zero attached hydrogens (tertiary/aromatic N) is 2. The fourth-order valence-electron chi connectivity index (χ4n) is 2.51. The molecule has 0 saturated heterocycles. The summed E-state index contributed by atoms with van der Waals surface area (Å²) in [5, 5.41) is 1.77. The highest BCUT2D eigenvalue weighted by Gasteiger charge is 2.17. The molecule has 4 unspecified atom stereocenters. The second-order valence-electron chi connectivity index (χ2n) is 6.77. The summed E-state index contributed by atoms with van der Waals surface area (Å²) >= 11 is 18.8. The summed E-state index contributed by atoms with van der Waals surface area (Å²) in [6, 6.07) is 0. The molecule has 0 amide bonds. The van der Waals surface area contributed by atoms with Gasteiger partial charge in [-0.25, -0.2) is 0 Å². The molecule has 0 rings (SSSR count). The van der Waals surface area contributed by atoms with Crippen molar-refractivity contribution in [3.63, 3.8) is 0 Å². The Morgan fingerprint density at radius 3 is 0.875 bits per heavy atom. The largest absolute Gasteiger partial charge is 0.300 e. The van der Waals surface area contributed by atoms with E-state index in [1.165, 1.54) is 0 Å². The first kappa shape index (κ1) is 25.3. The van der Waals surface area contributed by atoms with Crippen LogP contribution in [0.4, 0.5) is 0 Å². The molecular formula is C18H40N2S4. The number of rotatable bonds is 15. The molecular weight excluding hydrogens is 372 g/mol. The summed E-state index contributed by atoms with van der Waals surface area (Å²) in [6.45, 7) is 15.1. The SMILES string of the molecule is CCC(S)CN(CCN(CC(S)CC)CC(S)CC)CC(S)CC. The van der Waals surface area contributed by atoms with Crippen molar-refractivity contribution < 1.29 is 0 Å². The van der Waals surface area contributed by atoms with Gasteiger partial charge >= 0.3 is 0 Å². The topological polar surface area (TPSA) is 6.48 Å². The maximum Gasteiger partial charge on any atom is 0.0142 e. The lowest BCUT2D eigenvalue weighted by atomic mass is 10.2. The van der Waals surface area contributed by atoms with Gasteiger partial charge in [-0.2, -0.15) is 50.5 Å². The van der Waals surface area contributed by atoms with Gasteiger partial charge in [-0.15, -0.1) is 0 Å². The molecule has 24 heavy (non-hydrogen) atoms. The smallest absolute Gasteiger partial charge is 0.0142 e. The third-order valence-corrected chi connectivity index (χ3v) is 6.61. The number of thiol groups is 4. The van der Waals surface area contributed by atoms with Crippen LogP contribution in [-0.4, -0.2) is 70.1 Å². The van der Waals surface area contributed by atoms with E-state index >= 15 is 0 Å². The van der Waals surface area contributed by atoms with Crippen molar-refractivity contribution in [1.29, 1.82) is 0 Å². The Kier molecular flexibility index (Phi) is 16.2. The van der Waals surface area contributed by atoms with E-state index in [0.717, 1.165) is 65.0 Å². The molecule has 0 aromatic rings. The summed E-state index contributed by atoms with van der Waals surface area (Å²) in [5.41, 5.74) is 0. The van der Waals surface area contributed by atoms with Gasteiger partial charge in [-0.3, -0.25) is 9.80 Å². The quantitative estimate of drug-likeness (QED) is 0.296. The summed E-state index contributed by atoms with van der Waals surface area (Å²) in [4.78, 5) is 5.07. The molecule has 0 saturated carbocycles. The lowest BCUT2D eigenvalue weighted by Gasteiger charge is -2.32. The minimum atomic E-state index is 0.442. The summed E-state index contributed by atoms with van der Waals surface area (Å²) in [6.07, 6.45) is 4.43. The van der Waals surface area contributed by atoms with Gasteiger partial charge in [0.25, 0.3) is 0 Å². The average molecular weight is 413 g/mol. The van der Waals surface area contributed by atoms with E-state index in [9.17, 15) is 0 Å². The van der Waals surface area contributed by atoms with Gasteiger partial charge in [0.2, 0.25) is 0 Å². The van der Waals surface area contributed by atoms with Crippen LogP contribution in [0.25, 0.3) is 0 Å². The lowest BCUT2D eigenvalue weighted by molar-refractivity contribution is 0.202. The molecule has 0 fully saturated rings. The zero-order valence-corrected chi connectivity index (χ0v) is 19.6. The zero-order chi connectivity index (χ0) is 18.5. The van der Waals surface area contributed by atoms with Crippen molar-refractivity contribution in [3.8, 4) is 0 Å². The number of hydrogen-bond donors (Lipinski definition) is 4. The van der Waals surface area contributed by atoms with Crippen molar-refractivity contribution in [1.82, 2.24) is 9.80 Å².